The number of ketones is 1. The van der Waals surface area contributed by atoms with Crippen LogP contribution < -0.4 is 0 Å². The van der Waals surface area contributed by atoms with Crippen LogP contribution in [-0.4, -0.2) is 5.78 Å². The molecule has 2 heteroatoms. The van der Waals surface area contributed by atoms with Crippen LogP contribution in [0.25, 0.3) is 0 Å². The Morgan fingerprint density at radius 1 is 1.50 bits per heavy atom. The first-order chi connectivity index (χ1) is 6.50. The van der Waals surface area contributed by atoms with Crippen LogP contribution in [0.2, 0.25) is 0 Å². The van der Waals surface area contributed by atoms with Crippen LogP contribution in [0, 0.1) is 12.7 Å². The molecule has 0 radical (unpaired) electrons. The van der Waals surface area contributed by atoms with Gasteiger partial charge in [0, 0.05) is 6.42 Å². The number of benzene rings is 1. The Morgan fingerprint density at radius 2 is 2.14 bits per heavy atom. The zero-order valence-electron chi connectivity index (χ0n) is 8.43. The number of carbonyl (C=O) groups excluding carboxylic acids is 1. The van der Waals surface area contributed by atoms with Gasteiger partial charge >= 0.3 is 0 Å². The van der Waals surface area contributed by atoms with Gasteiger partial charge in [-0.25, -0.2) is 4.39 Å². The van der Waals surface area contributed by atoms with Gasteiger partial charge in [0.2, 0.25) is 0 Å². The number of hydrogen-bond acceptors (Lipinski definition) is 1. The van der Waals surface area contributed by atoms with E-state index in [1.807, 2.05) is 6.92 Å². The van der Waals surface area contributed by atoms with Gasteiger partial charge in [0.25, 0.3) is 0 Å². The number of carbonyl (C=O) groups is 1. The second kappa shape index (κ2) is 4.18. The highest BCUT2D eigenvalue weighted by molar-refractivity contribution is 5.97. The van der Waals surface area contributed by atoms with Gasteiger partial charge in [0.05, 0.1) is 5.56 Å². The Labute approximate surface area is 83.3 Å². The molecule has 0 aliphatic carbocycles. The fourth-order valence-corrected chi connectivity index (χ4v) is 1.22. The summed E-state index contributed by atoms with van der Waals surface area (Å²) in [5.74, 6) is -0.666. The van der Waals surface area contributed by atoms with Crippen LogP contribution in [0.3, 0.4) is 0 Å². The summed E-state index contributed by atoms with van der Waals surface area (Å²) in [5, 5.41) is 0. The van der Waals surface area contributed by atoms with E-state index in [9.17, 15) is 9.18 Å². The summed E-state index contributed by atoms with van der Waals surface area (Å²) >= 11 is 0. The Morgan fingerprint density at radius 3 is 2.71 bits per heavy atom. The Hall–Kier alpha value is -1.44. The van der Waals surface area contributed by atoms with E-state index in [-0.39, 0.29) is 17.8 Å². The monoisotopic (exact) mass is 192 g/mol. The third kappa shape index (κ3) is 2.52. The van der Waals surface area contributed by atoms with Crippen molar-refractivity contribution in [1.82, 2.24) is 0 Å². The molecule has 0 aromatic heterocycles. The molecule has 0 saturated heterocycles. The molecule has 0 amide bonds. The van der Waals surface area contributed by atoms with Crippen molar-refractivity contribution in [3.05, 3.63) is 47.3 Å². The van der Waals surface area contributed by atoms with Crippen molar-refractivity contribution in [3.63, 3.8) is 0 Å². The molecular weight excluding hydrogens is 179 g/mol. The molecule has 0 fully saturated rings. The smallest absolute Gasteiger partial charge is 0.169 e. The number of allylic oxidation sites excluding steroid dienone is 1. The van der Waals surface area contributed by atoms with Gasteiger partial charge in [-0.3, -0.25) is 4.79 Å². The number of aryl methyl sites for hydroxylation is 1. The highest BCUT2D eigenvalue weighted by atomic mass is 19.1. The minimum absolute atomic E-state index is 0.160. The summed E-state index contributed by atoms with van der Waals surface area (Å²) in [6.45, 7) is 7.22. The normalized spacial score (nSPS) is 9.93. The van der Waals surface area contributed by atoms with E-state index in [2.05, 4.69) is 6.58 Å². The maximum absolute atomic E-state index is 13.2. The molecule has 0 saturated carbocycles. The van der Waals surface area contributed by atoms with Gasteiger partial charge in [0.15, 0.2) is 5.78 Å². The molecule has 1 aromatic rings. The van der Waals surface area contributed by atoms with Gasteiger partial charge in [0.1, 0.15) is 5.82 Å². The maximum Gasteiger partial charge on any atom is 0.169 e. The average molecular weight is 192 g/mol. The fourth-order valence-electron chi connectivity index (χ4n) is 1.22. The van der Waals surface area contributed by atoms with Crippen molar-refractivity contribution >= 4 is 5.78 Å². The molecule has 0 atom stereocenters. The second-order valence-corrected chi connectivity index (χ2v) is 3.54. The first-order valence-corrected chi connectivity index (χ1v) is 4.44. The SMILES string of the molecule is C=C(C)CC(=O)c1cc(C)ccc1F. The zero-order valence-corrected chi connectivity index (χ0v) is 8.43. The van der Waals surface area contributed by atoms with Crippen molar-refractivity contribution < 1.29 is 9.18 Å². The van der Waals surface area contributed by atoms with E-state index in [0.717, 1.165) is 11.1 Å². The average Bonchev–Trinajstić information content (AvgIpc) is 2.08. The summed E-state index contributed by atoms with van der Waals surface area (Å²) in [6.07, 6.45) is 0.209. The molecule has 0 bridgehead atoms. The molecule has 0 unspecified atom stereocenters. The number of Topliss-reactive ketones (excluding diaryl/α,β-unsaturated/α-hetero) is 1. The lowest BCUT2D eigenvalue weighted by Gasteiger charge is -2.03. The minimum Gasteiger partial charge on any atom is -0.294 e. The molecule has 1 aromatic carbocycles. The lowest BCUT2D eigenvalue weighted by atomic mass is 10.0. The third-order valence-corrected chi connectivity index (χ3v) is 1.88. The fraction of sp³-hybridized carbons (Fsp3) is 0.250. The van der Waals surface area contributed by atoms with E-state index in [1.165, 1.54) is 6.07 Å². The van der Waals surface area contributed by atoms with E-state index >= 15 is 0 Å². The largest absolute Gasteiger partial charge is 0.294 e. The first kappa shape index (κ1) is 10.6. The summed E-state index contributed by atoms with van der Waals surface area (Å²) in [5.41, 5.74) is 1.79. The first-order valence-electron chi connectivity index (χ1n) is 4.44. The minimum atomic E-state index is -0.457. The highest BCUT2D eigenvalue weighted by Gasteiger charge is 2.11. The van der Waals surface area contributed by atoms with Gasteiger partial charge < -0.3 is 0 Å². The Bertz CT molecular complexity index is 380. The molecule has 0 aliphatic heterocycles. The molecule has 1 rings (SSSR count). The molecule has 0 heterocycles. The molecular formula is C12H13FO. The van der Waals surface area contributed by atoms with Crippen molar-refractivity contribution in [2.75, 3.05) is 0 Å². The maximum atomic E-state index is 13.2. The van der Waals surface area contributed by atoms with Crippen LogP contribution in [0.15, 0.2) is 30.4 Å². The molecule has 74 valence electrons. The van der Waals surface area contributed by atoms with Crippen LogP contribution >= 0.6 is 0 Å². The molecule has 0 spiro atoms. The quantitative estimate of drug-likeness (QED) is 0.530. The predicted molar refractivity (Wildman–Crippen MR) is 54.9 cm³/mol. The summed E-state index contributed by atoms with van der Waals surface area (Å²) in [6, 6.07) is 4.54. The number of hydrogen-bond donors (Lipinski definition) is 0. The Balaban J connectivity index is 3.00. The third-order valence-electron chi connectivity index (χ3n) is 1.88. The van der Waals surface area contributed by atoms with Gasteiger partial charge in [-0.2, -0.15) is 0 Å². The summed E-state index contributed by atoms with van der Waals surface area (Å²) < 4.78 is 13.2. The zero-order chi connectivity index (χ0) is 10.7. The second-order valence-electron chi connectivity index (χ2n) is 3.54. The van der Waals surface area contributed by atoms with Crippen molar-refractivity contribution in [2.24, 2.45) is 0 Å². The van der Waals surface area contributed by atoms with E-state index in [4.69, 9.17) is 0 Å². The van der Waals surface area contributed by atoms with Crippen LogP contribution in [0.4, 0.5) is 4.39 Å². The lowest BCUT2D eigenvalue weighted by Crippen LogP contribution is -2.03. The van der Waals surface area contributed by atoms with Crippen LogP contribution in [-0.2, 0) is 0 Å². The molecule has 14 heavy (non-hydrogen) atoms. The van der Waals surface area contributed by atoms with Crippen LogP contribution in [0.1, 0.15) is 29.3 Å². The van der Waals surface area contributed by atoms with E-state index in [1.54, 1.807) is 19.1 Å². The topological polar surface area (TPSA) is 17.1 Å². The summed E-state index contributed by atoms with van der Waals surface area (Å²) in [7, 11) is 0. The predicted octanol–water partition coefficient (Wildman–Crippen LogP) is 3.28. The Kier molecular flexibility index (Phi) is 3.18. The molecule has 0 N–H and O–H groups in total. The standard InChI is InChI=1S/C12H13FO/c1-8(2)6-12(14)10-7-9(3)4-5-11(10)13/h4-5,7H,1,6H2,2-3H3. The number of rotatable bonds is 3. The number of halogens is 1. The van der Waals surface area contributed by atoms with Crippen molar-refractivity contribution in [1.29, 1.82) is 0 Å². The van der Waals surface area contributed by atoms with Gasteiger partial charge in [-0.15, -0.1) is 0 Å². The highest BCUT2D eigenvalue weighted by Crippen LogP contribution is 2.14. The van der Waals surface area contributed by atoms with Gasteiger partial charge in [-0.05, 0) is 26.0 Å². The van der Waals surface area contributed by atoms with Crippen molar-refractivity contribution in [3.8, 4) is 0 Å². The van der Waals surface area contributed by atoms with E-state index in [0.29, 0.717) is 0 Å². The lowest BCUT2D eigenvalue weighted by molar-refractivity contribution is 0.0989. The van der Waals surface area contributed by atoms with Crippen LogP contribution in [0.5, 0.6) is 0 Å². The molecule has 1 nitrogen and oxygen atoms in total. The van der Waals surface area contributed by atoms with Gasteiger partial charge in [-0.1, -0.05) is 23.8 Å². The summed E-state index contributed by atoms with van der Waals surface area (Å²) in [4.78, 5) is 11.5. The molecule has 0 aliphatic rings. The van der Waals surface area contributed by atoms with Crippen molar-refractivity contribution in [2.45, 2.75) is 20.3 Å². The van der Waals surface area contributed by atoms with E-state index < -0.39 is 5.82 Å².